The SMILES string of the molecule is COc1ccc2c(c1)OC(C)(C)C[C@H]2NC(=O)CN(c1ccc(C)cc1C)S(C)(=O)=O. The van der Waals surface area contributed by atoms with Crippen molar-refractivity contribution in [3.63, 3.8) is 0 Å². The lowest BCUT2D eigenvalue weighted by Crippen LogP contribution is -2.45. The molecule has 0 saturated heterocycles. The molecule has 1 amide bonds. The largest absolute Gasteiger partial charge is 0.497 e. The van der Waals surface area contributed by atoms with E-state index in [0.29, 0.717) is 23.6 Å². The average molecular weight is 447 g/mol. The Morgan fingerprint density at radius 1 is 1.23 bits per heavy atom. The summed E-state index contributed by atoms with van der Waals surface area (Å²) in [5, 5.41) is 3.01. The average Bonchev–Trinajstić information content (AvgIpc) is 2.64. The molecule has 0 saturated carbocycles. The van der Waals surface area contributed by atoms with E-state index in [9.17, 15) is 13.2 Å². The fourth-order valence-electron chi connectivity index (χ4n) is 3.92. The number of aryl methyl sites for hydroxylation is 2. The van der Waals surface area contributed by atoms with E-state index in [0.717, 1.165) is 27.3 Å². The van der Waals surface area contributed by atoms with Crippen molar-refractivity contribution < 1.29 is 22.7 Å². The van der Waals surface area contributed by atoms with Gasteiger partial charge in [-0.15, -0.1) is 0 Å². The van der Waals surface area contributed by atoms with Crippen molar-refractivity contribution in [1.82, 2.24) is 5.32 Å². The van der Waals surface area contributed by atoms with Crippen molar-refractivity contribution in [2.45, 2.75) is 45.8 Å². The number of nitrogens with one attached hydrogen (secondary N) is 1. The summed E-state index contributed by atoms with van der Waals surface area (Å²) in [6.07, 6.45) is 1.67. The van der Waals surface area contributed by atoms with Crippen molar-refractivity contribution in [2.75, 3.05) is 24.2 Å². The maximum atomic E-state index is 13.0. The quantitative estimate of drug-likeness (QED) is 0.734. The maximum Gasteiger partial charge on any atom is 0.241 e. The summed E-state index contributed by atoms with van der Waals surface area (Å²) < 4.78 is 37.5. The second-order valence-corrected chi connectivity index (χ2v) is 10.6. The first-order chi connectivity index (χ1) is 14.4. The number of hydrogen-bond donors (Lipinski definition) is 1. The number of carbonyl (C=O) groups is 1. The van der Waals surface area contributed by atoms with Gasteiger partial charge in [-0.05, 0) is 51.5 Å². The Bertz CT molecular complexity index is 1100. The molecular formula is C23H30N2O5S. The molecule has 3 rings (SSSR count). The van der Waals surface area contributed by atoms with Crippen LogP contribution < -0.4 is 19.1 Å². The molecule has 0 fully saturated rings. The zero-order valence-electron chi connectivity index (χ0n) is 18.9. The highest BCUT2D eigenvalue weighted by molar-refractivity contribution is 7.92. The number of rotatable bonds is 6. The molecule has 8 heteroatoms. The number of amides is 1. The number of hydrogen-bond acceptors (Lipinski definition) is 5. The maximum absolute atomic E-state index is 13.0. The Labute approximate surface area is 184 Å². The molecule has 1 aliphatic rings. The molecule has 0 unspecified atom stereocenters. The third-order valence-electron chi connectivity index (χ3n) is 5.32. The summed E-state index contributed by atoms with van der Waals surface area (Å²) in [6, 6.07) is 10.6. The number of nitrogens with zero attached hydrogens (tertiary/aromatic N) is 1. The van der Waals surface area contributed by atoms with Gasteiger partial charge in [0.15, 0.2) is 0 Å². The van der Waals surface area contributed by atoms with Gasteiger partial charge >= 0.3 is 0 Å². The van der Waals surface area contributed by atoms with E-state index >= 15 is 0 Å². The number of sulfonamides is 1. The van der Waals surface area contributed by atoms with Gasteiger partial charge in [-0.3, -0.25) is 9.10 Å². The molecule has 0 spiro atoms. The number of methoxy groups -OCH3 is 1. The predicted octanol–water partition coefficient (Wildman–Crippen LogP) is 3.50. The molecule has 31 heavy (non-hydrogen) atoms. The number of fused-ring (bicyclic) bond motifs is 1. The highest BCUT2D eigenvalue weighted by Crippen LogP contribution is 2.41. The molecule has 1 atom stereocenters. The number of carbonyl (C=O) groups excluding carboxylic acids is 1. The Kier molecular flexibility index (Phi) is 6.23. The summed E-state index contributed by atoms with van der Waals surface area (Å²) in [5.41, 5.74) is 2.66. The van der Waals surface area contributed by atoms with Gasteiger partial charge in [0.05, 0.1) is 25.1 Å². The molecule has 7 nitrogen and oxygen atoms in total. The van der Waals surface area contributed by atoms with E-state index in [1.165, 1.54) is 0 Å². The zero-order chi connectivity index (χ0) is 23.0. The van der Waals surface area contributed by atoms with Gasteiger partial charge in [-0.1, -0.05) is 17.7 Å². The number of anilines is 1. The predicted molar refractivity (Wildman–Crippen MR) is 121 cm³/mol. The van der Waals surface area contributed by atoms with E-state index in [1.807, 2.05) is 52.0 Å². The van der Waals surface area contributed by atoms with Crippen LogP contribution in [0.2, 0.25) is 0 Å². The molecule has 2 aromatic rings. The first-order valence-electron chi connectivity index (χ1n) is 10.1. The molecule has 0 radical (unpaired) electrons. The van der Waals surface area contributed by atoms with Gasteiger partial charge in [-0.25, -0.2) is 8.42 Å². The van der Waals surface area contributed by atoms with Crippen LogP contribution in [0.5, 0.6) is 11.5 Å². The summed E-state index contributed by atoms with van der Waals surface area (Å²) in [6.45, 7) is 7.38. The third kappa shape index (κ3) is 5.31. The van der Waals surface area contributed by atoms with Crippen LogP contribution in [0.15, 0.2) is 36.4 Å². The summed E-state index contributed by atoms with van der Waals surface area (Å²) in [4.78, 5) is 13.0. The Balaban J connectivity index is 1.86. The van der Waals surface area contributed by atoms with Crippen molar-refractivity contribution in [2.24, 2.45) is 0 Å². The smallest absolute Gasteiger partial charge is 0.241 e. The molecule has 0 aliphatic carbocycles. The van der Waals surface area contributed by atoms with Crippen LogP contribution in [0, 0.1) is 13.8 Å². The summed E-state index contributed by atoms with van der Waals surface area (Å²) in [7, 11) is -2.07. The highest BCUT2D eigenvalue weighted by atomic mass is 32.2. The highest BCUT2D eigenvalue weighted by Gasteiger charge is 2.35. The van der Waals surface area contributed by atoms with Crippen LogP contribution >= 0.6 is 0 Å². The van der Waals surface area contributed by atoms with Gasteiger partial charge in [-0.2, -0.15) is 0 Å². The third-order valence-corrected chi connectivity index (χ3v) is 6.45. The van der Waals surface area contributed by atoms with Crippen molar-refractivity contribution >= 4 is 21.6 Å². The summed E-state index contributed by atoms with van der Waals surface area (Å²) >= 11 is 0. The van der Waals surface area contributed by atoms with Gasteiger partial charge < -0.3 is 14.8 Å². The number of ether oxygens (including phenoxy) is 2. The summed E-state index contributed by atoms with van der Waals surface area (Å²) in [5.74, 6) is 0.935. The minimum absolute atomic E-state index is 0.300. The molecule has 168 valence electrons. The second-order valence-electron chi connectivity index (χ2n) is 8.65. The lowest BCUT2D eigenvalue weighted by molar-refractivity contribution is -0.120. The molecule has 0 bridgehead atoms. The lowest BCUT2D eigenvalue weighted by atomic mass is 9.89. The zero-order valence-corrected chi connectivity index (χ0v) is 19.7. The fraction of sp³-hybridized carbons (Fsp3) is 0.435. The standard InChI is InChI=1S/C23H30N2O5S/c1-15-7-10-20(16(2)11-15)25(31(6,27)28)14-22(26)24-19-13-23(3,4)30-21-12-17(29-5)8-9-18(19)21/h7-12,19H,13-14H2,1-6H3,(H,24,26)/t19-/m1/s1. The van der Waals surface area contributed by atoms with E-state index < -0.39 is 15.6 Å². The van der Waals surface area contributed by atoms with Crippen LogP contribution in [0.1, 0.15) is 43.0 Å². The van der Waals surface area contributed by atoms with Crippen molar-refractivity contribution in [1.29, 1.82) is 0 Å². The van der Waals surface area contributed by atoms with Crippen LogP contribution in [0.4, 0.5) is 5.69 Å². The Hall–Kier alpha value is -2.74. The van der Waals surface area contributed by atoms with E-state index in [-0.39, 0.29) is 18.5 Å². The first-order valence-corrected chi connectivity index (χ1v) is 12.0. The van der Waals surface area contributed by atoms with Gasteiger partial charge in [0.1, 0.15) is 23.6 Å². The Morgan fingerprint density at radius 2 is 1.94 bits per heavy atom. The lowest BCUT2D eigenvalue weighted by Gasteiger charge is -2.38. The normalized spacial score (nSPS) is 17.3. The first kappa shape index (κ1) is 22.9. The van der Waals surface area contributed by atoms with Crippen LogP contribution in [0.25, 0.3) is 0 Å². The molecule has 2 aromatic carbocycles. The van der Waals surface area contributed by atoms with Crippen LogP contribution in [-0.4, -0.2) is 39.8 Å². The minimum atomic E-state index is -3.65. The van der Waals surface area contributed by atoms with Crippen molar-refractivity contribution in [3.8, 4) is 11.5 Å². The van der Waals surface area contributed by atoms with E-state index in [4.69, 9.17) is 9.47 Å². The molecular weight excluding hydrogens is 416 g/mol. The van der Waals surface area contributed by atoms with Crippen LogP contribution in [0.3, 0.4) is 0 Å². The Morgan fingerprint density at radius 3 is 2.55 bits per heavy atom. The van der Waals surface area contributed by atoms with E-state index in [1.54, 1.807) is 19.2 Å². The van der Waals surface area contributed by atoms with Gasteiger partial charge in [0, 0.05) is 18.1 Å². The van der Waals surface area contributed by atoms with Gasteiger partial charge in [0.2, 0.25) is 15.9 Å². The van der Waals surface area contributed by atoms with Crippen molar-refractivity contribution in [3.05, 3.63) is 53.1 Å². The second kappa shape index (κ2) is 8.42. The fourth-order valence-corrected chi connectivity index (χ4v) is 4.84. The molecule has 1 heterocycles. The van der Waals surface area contributed by atoms with Gasteiger partial charge in [0.25, 0.3) is 0 Å². The van der Waals surface area contributed by atoms with Crippen LogP contribution in [-0.2, 0) is 14.8 Å². The monoisotopic (exact) mass is 446 g/mol. The van der Waals surface area contributed by atoms with E-state index in [2.05, 4.69) is 5.32 Å². The topological polar surface area (TPSA) is 84.9 Å². The molecule has 1 N–H and O–H groups in total. The number of benzene rings is 2. The molecule has 0 aromatic heterocycles. The molecule has 1 aliphatic heterocycles. The minimum Gasteiger partial charge on any atom is -0.497 e.